The number of hydrogen-bond acceptors (Lipinski definition) is 5. The molecule has 0 bridgehead atoms. The zero-order valence-corrected chi connectivity index (χ0v) is 16.0. The van der Waals surface area contributed by atoms with Gasteiger partial charge >= 0.3 is 11.6 Å². The fourth-order valence-electron chi connectivity index (χ4n) is 3.70. The number of rotatable bonds is 5. The Balaban J connectivity index is 1.84. The van der Waals surface area contributed by atoms with E-state index in [-0.39, 0.29) is 11.6 Å². The number of nitrogens with one attached hydrogen (secondary N) is 1. The summed E-state index contributed by atoms with van der Waals surface area (Å²) in [7, 11) is 0. The number of H-pyrrole nitrogens is 1. The number of ether oxygens (including phenoxy) is 1. The molecule has 0 unspecified atom stereocenters. The van der Waals surface area contributed by atoms with E-state index >= 15 is 0 Å². The zero-order chi connectivity index (χ0) is 19.0. The smallest absolute Gasteiger partial charge is 0.307 e. The molecule has 7 nitrogen and oxygen atoms in total. The lowest BCUT2D eigenvalue weighted by Gasteiger charge is -2.15. The second kappa shape index (κ2) is 7.13. The van der Waals surface area contributed by atoms with E-state index in [0.29, 0.717) is 35.3 Å². The maximum absolute atomic E-state index is 12.6. The summed E-state index contributed by atoms with van der Waals surface area (Å²) in [6.07, 6.45) is 6.37. The lowest BCUT2D eigenvalue weighted by atomic mass is 10.1. The van der Waals surface area contributed by atoms with Gasteiger partial charge in [0.2, 0.25) is 0 Å². The molecule has 0 saturated heterocycles. The fourth-order valence-corrected chi connectivity index (χ4v) is 3.70. The standard InChI is InChI=1S/C20H25N5O2/c1-12(2)11-25-18-16(22-17(23-18)14-7-4-5-8-14)19(26)24-20(25)27-15-9-6-10-21-13(15)3/h6,9-10,12,14H,4-5,7-8,11H2,1-3H3,(H,22,23). The van der Waals surface area contributed by atoms with Crippen molar-refractivity contribution in [1.82, 2.24) is 24.5 Å². The Hall–Kier alpha value is -2.70. The SMILES string of the molecule is Cc1ncccc1Oc1nc(=O)c2[nH]c(C3CCCC3)nc2n1CC(C)C. The molecular formula is C20H25N5O2. The van der Waals surface area contributed by atoms with Crippen molar-refractivity contribution in [2.45, 2.75) is 58.9 Å². The van der Waals surface area contributed by atoms with Crippen molar-refractivity contribution in [2.75, 3.05) is 0 Å². The van der Waals surface area contributed by atoms with Gasteiger partial charge in [-0.3, -0.25) is 14.3 Å². The number of aromatic nitrogens is 5. The number of imidazole rings is 1. The highest BCUT2D eigenvalue weighted by atomic mass is 16.5. The minimum atomic E-state index is -0.335. The maximum Gasteiger partial charge on any atom is 0.307 e. The second-order valence-electron chi connectivity index (χ2n) is 7.70. The van der Waals surface area contributed by atoms with Gasteiger partial charge in [-0.2, -0.15) is 4.98 Å². The van der Waals surface area contributed by atoms with Crippen LogP contribution in [0.25, 0.3) is 11.2 Å². The van der Waals surface area contributed by atoms with Gasteiger partial charge in [-0.15, -0.1) is 0 Å². The Kier molecular flexibility index (Phi) is 4.68. The van der Waals surface area contributed by atoms with Gasteiger partial charge in [0.1, 0.15) is 5.82 Å². The number of hydrogen-bond donors (Lipinski definition) is 1. The molecule has 0 spiro atoms. The molecule has 27 heavy (non-hydrogen) atoms. The third kappa shape index (κ3) is 3.46. The van der Waals surface area contributed by atoms with Crippen molar-refractivity contribution >= 4 is 11.2 Å². The van der Waals surface area contributed by atoms with Gasteiger partial charge in [0.25, 0.3) is 0 Å². The summed E-state index contributed by atoms with van der Waals surface area (Å²) < 4.78 is 7.91. The van der Waals surface area contributed by atoms with Crippen molar-refractivity contribution in [3.05, 3.63) is 40.2 Å². The maximum atomic E-state index is 12.6. The summed E-state index contributed by atoms with van der Waals surface area (Å²) in [6.45, 7) is 6.76. The van der Waals surface area contributed by atoms with Gasteiger partial charge < -0.3 is 9.72 Å². The molecule has 1 N–H and O–H groups in total. The lowest BCUT2D eigenvalue weighted by Crippen LogP contribution is -2.18. The average Bonchev–Trinajstić information content (AvgIpc) is 3.29. The summed E-state index contributed by atoms with van der Waals surface area (Å²) in [6, 6.07) is 3.90. The van der Waals surface area contributed by atoms with E-state index in [4.69, 9.17) is 9.72 Å². The average molecular weight is 367 g/mol. The molecule has 3 aromatic heterocycles. The predicted molar refractivity (Wildman–Crippen MR) is 103 cm³/mol. The van der Waals surface area contributed by atoms with Crippen LogP contribution in [0.1, 0.15) is 57.0 Å². The highest BCUT2D eigenvalue weighted by Gasteiger charge is 2.24. The molecule has 4 rings (SSSR count). The Bertz CT molecular complexity index is 1010. The number of nitrogens with zero attached hydrogens (tertiary/aromatic N) is 4. The summed E-state index contributed by atoms with van der Waals surface area (Å²) >= 11 is 0. The molecule has 0 amide bonds. The van der Waals surface area contributed by atoms with Gasteiger partial charge in [-0.1, -0.05) is 26.7 Å². The fraction of sp³-hybridized carbons (Fsp3) is 0.500. The van der Waals surface area contributed by atoms with Gasteiger partial charge in [0.05, 0.1) is 5.69 Å². The highest BCUT2D eigenvalue weighted by molar-refractivity contribution is 5.71. The molecule has 0 aliphatic heterocycles. The summed E-state index contributed by atoms with van der Waals surface area (Å²) in [5.41, 5.74) is 1.50. The van der Waals surface area contributed by atoms with Crippen LogP contribution in [0.15, 0.2) is 23.1 Å². The third-order valence-corrected chi connectivity index (χ3v) is 5.05. The minimum Gasteiger partial charge on any atom is -0.423 e. The van der Waals surface area contributed by atoms with E-state index in [1.165, 1.54) is 12.8 Å². The van der Waals surface area contributed by atoms with Crippen LogP contribution < -0.4 is 10.3 Å². The Morgan fingerprint density at radius 3 is 2.78 bits per heavy atom. The first-order valence-corrected chi connectivity index (χ1v) is 9.63. The van der Waals surface area contributed by atoms with Crippen LogP contribution in [0, 0.1) is 12.8 Å². The van der Waals surface area contributed by atoms with Crippen LogP contribution in [-0.2, 0) is 6.54 Å². The van der Waals surface area contributed by atoms with Crippen molar-refractivity contribution < 1.29 is 4.74 Å². The summed E-state index contributed by atoms with van der Waals surface area (Å²) in [5.74, 6) is 2.23. The van der Waals surface area contributed by atoms with E-state index in [2.05, 4.69) is 28.8 Å². The molecule has 1 fully saturated rings. The normalized spacial score (nSPS) is 15.1. The quantitative estimate of drug-likeness (QED) is 0.738. The molecule has 1 aliphatic rings. The van der Waals surface area contributed by atoms with Crippen LogP contribution in [-0.4, -0.2) is 24.5 Å². The molecule has 142 valence electrons. The minimum absolute atomic E-state index is 0.266. The monoisotopic (exact) mass is 367 g/mol. The molecule has 3 heterocycles. The highest BCUT2D eigenvalue weighted by Crippen LogP contribution is 2.33. The molecular weight excluding hydrogens is 342 g/mol. The van der Waals surface area contributed by atoms with Crippen LogP contribution in [0.2, 0.25) is 0 Å². The van der Waals surface area contributed by atoms with Crippen molar-refractivity contribution in [3.63, 3.8) is 0 Å². The number of pyridine rings is 1. The van der Waals surface area contributed by atoms with Crippen LogP contribution >= 0.6 is 0 Å². The van der Waals surface area contributed by atoms with E-state index in [1.807, 2.05) is 17.6 Å². The zero-order valence-electron chi connectivity index (χ0n) is 16.0. The molecule has 1 aliphatic carbocycles. The second-order valence-corrected chi connectivity index (χ2v) is 7.70. The number of fused-ring (bicyclic) bond motifs is 1. The topological polar surface area (TPSA) is 85.7 Å². The number of aromatic amines is 1. The first-order valence-electron chi connectivity index (χ1n) is 9.63. The summed E-state index contributed by atoms with van der Waals surface area (Å²) in [5, 5.41) is 0. The molecule has 0 atom stereocenters. The van der Waals surface area contributed by atoms with Crippen LogP contribution in [0.5, 0.6) is 11.8 Å². The van der Waals surface area contributed by atoms with E-state index < -0.39 is 0 Å². The van der Waals surface area contributed by atoms with E-state index in [0.717, 1.165) is 24.4 Å². The summed E-state index contributed by atoms with van der Waals surface area (Å²) in [4.78, 5) is 29.2. The molecule has 7 heteroatoms. The molecule has 3 aromatic rings. The molecule has 0 aromatic carbocycles. The van der Waals surface area contributed by atoms with Gasteiger partial charge in [-0.25, -0.2) is 4.98 Å². The lowest BCUT2D eigenvalue weighted by molar-refractivity contribution is 0.382. The van der Waals surface area contributed by atoms with Gasteiger partial charge in [-0.05, 0) is 37.8 Å². The largest absolute Gasteiger partial charge is 0.423 e. The number of aryl methyl sites for hydroxylation is 1. The van der Waals surface area contributed by atoms with Crippen molar-refractivity contribution in [2.24, 2.45) is 5.92 Å². The van der Waals surface area contributed by atoms with Gasteiger partial charge in [0, 0.05) is 18.7 Å². The van der Waals surface area contributed by atoms with Gasteiger partial charge in [0.15, 0.2) is 16.9 Å². The molecule has 0 radical (unpaired) electrons. The van der Waals surface area contributed by atoms with Crippen LogP contribution in [0.4, 0.5) is 0 Å². The Morgan fingerprint density at radius 1 is 1.30 bits per heavy atom. The first kappa shape index (κ1) is 17.7. The van der Waals surface area contributed by atoms with E-state index in [1.54, 1.807) is 12.3 Å². The van der Waals surface area contributed by atoms with E-state index in [9.17, 15) is 4.79 Å². The van der Waals surface area contributed by atoms with Crippen LogP contribution in [0.3, 0.4) is 0 Å². The molecule has 1 saturated carbocycles. The Morgan fingerprint density at radius 2 is 2.07 bits per heavy atom. The predicted octanol–water partition coefficient (Wildman–Crippen LogP) is 3.93. The third-order valence-electron chi connectivity index (χ3n) is 5.05. The Labute approximate surface area is 157 Å². The first-order chi connectivity index (χ1) is 13.0. The van der Waals surface area contributed by atoms with Crippen molar-refractivity contribution in [3.8, 4) is 11.8 Å². The van der Waals surface area contributed by atoms with Crippen molar-refractivity contribution in [1.29, 1.82) is 0 Å².